The van der Waals surface area contributed by atoms with Crippen molar-refractivity contribution in [1.29, 1.82) is 0 Å². The van der Waals surface area contributed by atoms with Crippen LogP contribution < -0.4 is 29.1 Å². The predicted octanol–water partition coefficient (Wildman–Crippen LogP) is 3.17. The first-order valence-corrected chi connectivity index (χ1v) is 10.1. The van der Waals surface area contributed by atoms with Gasteiger partial charge in [-0.3, -0.25) is 24.0 Å². The molecule has 3 aromatic rings. The number of carbonyl (C=O) groups is 4. The highest BCUT2D eigenvalue weighted by molar-refractivity contribution is 5.95. The molecule has 0 unspecified atom stereocenters. The Bertz CT molecular complexity index is 1420. The molecule has 0 atom stereocenters. The first kappa shape index (κ1) is 25.0. The fourth-order valence-corrected chi connectivity index (χ4v) is 3.20. The maximum atomic E-state index is 13.5. The minimum absolute atomic E-state index is 0.0209. The van der Waals surface area contributed by atoms with Gasteiger partial charge in [-0.05, 0) is 17.7 Å². The lowest BCUT2D eigenvalue weighted by molar-refractivity contribution is -0.135. The Morgan fingerprint density at radius 1 is 0.714 bits per heavy atom. The van der Waals surface area contributed by atoms with Crippen LogP contribution in [0.3, 0.4) is 0 Å². The van der Waals surface area contributed by atoms with Crippen LogP contribution in [-0.2, 0) is 19.2 Å². The largest absolute Gasteiger partial charge is 0.493 e. The van der Waals surface area contributed by atoms with Gasteiger partial charge in [0.25, 0.3) is 0 Å². The minimum Gasteiger partial charge on any atom is -0.493 e. The van der Waals surface area contributed by atoms with Crippen LogP contribution in [0.2, 0.25) is 0 Å². The first-order chi connectivity index (χ1) is 16.5. The molecule has 35 heavy (non-hydrogen) atoms. The first-order valence-electron chi connectivity index (χ1n) is 10.1. The summed E-state index contributed by atoms with van der Waals surface area (Å²) >= 11 is 0. The number of carbonyl (C=O) groups excluding carboxylic acids is 4. The lowest BCUT2D eigenvalue weighted by Gasteiger charge is -2.15. The molecule has 0 saturated heterocycles. The van der Waals surface area contributed by atoms with Crippen LogP contribution in [0.4, 0.5) is 0 Å². The van der Waals surface area contributed by atoms with Crippen LogP contribution in [-0.4, -0.2) is 31.0 Å². The van der Waals surface area contributed by atoms with E-state index >= 15 is 0 Å². The molecule has 0 amide bonds. The smallest absolute Gasteiger partial charge is 0.308 e. The van der Waals surface area contributed by atoms with E-state index in [1.807, 2.05) is 0 Å². The number of hydrogen-bond acceptors (Lipinski definition) is 11. The number of rotatable bonds is 6. The highest BCUT2D eigenvalue weighted by atomic mass is 16.6. The summed E-state index contributed by atoms with van der Waals surface area (Å²) in [7, 11) is 1.36. The average Bonchev–Trinajstić information content (AvgIpc) is 2.75. The van der Waals surface area contributed by atoms with Crippen molar-refractivity contribution in [2.24, 2.45) is 0 Å². The topological polar surface area (TPSA) is 145 Å². The van der Waals surface area contributed by atoms with E-state index < -0.39 is 40.8 Å². The van der Waals surface area contributed by atoms with Crippen molar-refractivity contribution < 1.29 is 47.3 Å². The Balaban J connectivity index is 2.33. The Morgan fingerprint density at radius 3 is 1.86 bits per heavy atom. The monoisotopic (exact) mass is 484 g/mol. The number of ether oxygens (including phenoxy) is 5. The van der Waals surface area contributed by atoms with Crippen LogP contribution in [0, 0.1) is 0 Å². The van der Waals surface area contributed by atoms with E-state index in [0.29, 0.717) is 5.56 Å². The van der Waals surface area contributed by atoms with Gasteiger partial charge in [0, 0.05) is 33.8 Å². The van der Waals surface area contributed by atoms with Gasteiger partial charge in [0.2, 0.25) is 11.2 Å². The molecule has 0 aliphatic rings. The Labute approximate surface area is 198 Å². The van der Waals surface area contributed by atoms with Crippen LogP contribution >= 0.6 is 0 Å². The van der Waals surface area contributed by atoms with Gasteiger partial charge in [-0.2, -0.15) is 0 Å². The highest BCUT2D eigenvalue weighted by Crippen LogP contribution is 2.44. The summed E-state index contributed by atoms with van der Waals surface area (Å²) < 4.78 is 31.3. The molecule has 11 heteroatoms. The summed E-state index contributed by atoms with van der Waals surface area (Å²) in [6, 6.07) is 5.53. The zero-order valence-electron chi connectivity index (χ0n) is 19.4. The number of esters is 4. The molecule has 182 valence electrons. The van der Waals surface area contributed by atoms with Gasteiger partial charge in [-0.1, -0.05) is 6.07 Å². The number of benzene rings is 2. The molecule has 0 fully saturated rings. The summed E-state index contributed by atoms with van der Waals surface area (Å²) in [6.45, 7) is 4.49. The molecule has 0 aliphatic heterocycles. The highest BCUT2D eigenvalue weighted by Gasteiger charge is 2.26. The summed E-state index contributed by atoms with van der Waals surface area (Å²) in [6.07, 6.45) is 1.14. The second-order valence-electron chi connectivity index (χ2n) is 7.12. The molecule has 0 aliphatic carbocycles. The predicted molar refractivity (Wildman–Crippen MR) is 120 cm³/mol. The summed E-state index contributed by atoms with van der Waals surface area (Å²) in [5.74, 6) is -3.86. The van der Waals surface area contributed by atoms with Crippen molar-refractivity contribution in [3.63, 3.8) is 0 Å². The van der Waals surface area contributed by atoms with Crippen LogP contribution in [0.1, 0.15) is 27.7 Å². The van der Waals surface area contributed by atoms with E-state index in [4.69, 9.17) is 28.1 Å². The van der Waals surface area contributed by atoms with E-state index in [2.05, 4.69) is 0 Å². The quantitative estimate of drug-likeness (QED) is 0.376. The standard InChI is InChI=1S/C24H20O11/c1-11(25)32-17-7-6-15(8-18(17)30-5)16-10-31-19-9-20(33-12(2)26)23(34-13(3)27)24(35-14(4)28)21(19)22(16)29/h6-10H,1-5H3. The van der Waals surface area contributed by atoms with Crippen molar-refractivity contribution in [2.75, 3.05) is 7.11 Å². The van der Waals surface area contributed by atoms with Crippen molar-refractivity contribution in [1.82, 2.24) is 0 Å². The molecular weight excluding hydrogens is 464 g/mol. The minimum atomic E-state index is -0.836. The molecule has 0 spiro atoms. The Kier molecular flexibility index (Phi) is 7.19. The zero-order valence-corrected chi connectivity index (χ0v) is 19.4. The lowest BCUT2D eigenvalue weighted by Crippen LogP contribution is -2.14. The van der Waals surface area contributed by atoms with Gasteiger partial charge in [-0.15, -0.1) is 0 Å². The fraction of sp³-hybridized carbons (Fsp3) is 0.208. The molecule has 1 aromatic heterocycles. The molecular formula is C24H20O11. The SMILES string of the molecule is COc1cc(-c2coc3cc(OC(C)=O)c(OC(C)=O)c(OC(C)=O)c3c2=O)ccc1OC(C)=O. The van der Waals surface area contributed by atoms with Gasteiger partial charge >= 0.3 is 23.9 Å². The van der Waals surface area contributed by atoms with Gasteiger partial charge in [0.1, 0.15) is 17.2 Å². The second kappa shape index (κ2) is 10.1. The molecule has 0 N–H and O–H groups in total. The van der Waals surface area contributed by atoms with Crippen LogP contribution in [0.5, 0.6) is 28.7 Å². The molecule has 11 nitrogen and oxygen atoms in total. The molecule has 1 heterocycles. The molecule has 0 bridgehead atoms. The average molecular weight is 484 g/mol. The summed E-state index contributed by atoms with van der Waals surface area (Å²) in [5, 5.41) is -0.243. The third-order valence-corrected chi connectivity index (χ3v) is 4.41. The normalized spacial score (nSPS) is 10.4. The lowest BCUT2D eigenvalue weighted by atomic mass is 10.0. The number of hydrogen-bond donors (Lipinski definition) is 0. The summed E-state index contributed by atoms with van der Waals surface area (Å²) in [4.78, 5) is 60.0. The maximum absolute atomic E-state index is 13.5. The third-order valence-electron chi connectivity index (χ3n) is 4.41. The molecule has 2 aromatic carbocycles. The van der Waals surface area contributed by atoms with Crippen molar-refractivity contribution in [2.45, 2.75) is 27.7 Å². The van der Waals surface area contributed by atoms with Crippen LogP contribution in [0.15, 0.2) is 39.7 Å². The summed E-state index contributed by atoms with van der Waals surface area (Å²) in [5.41, 5.74) is -0.425. The zero-order chi connectivity index (χ0) is 25.9. The molecule has 3 rings (SSSR count). The van der Waals surface area contributed by atoms with E-state index in [1.54, 1.807) is 0 Å². The molecule has 0 radical (unpaired) electrons. The van der Waals surface area contributed by atoms with Crippen molar-refractivity contribution >= 4 is 34.8 Å². The third kappa shape index (κ3) is 5.46. The second-order valence-corrected chi connectivity index (χ2v) is 7.12. The number of fused-ring (bicyclic) bond motifs is 1. The van der Waals surface area contributed by atoms with Gasteiger partial charge in [-0.25, -0.2) is 0 Å². The van der Waals surface area contributed by atoms with Gasteiger partial charge in [0.05, 0.1) is 12.7 Å². The van der Waals surface area contributed by atoms with Crippen molar-refractivity contribution in [3.05, 3.63) is 40.8 Å². The van der Waals surface area contributed by atoms with Gasteiger partial charge < -0.3 is 28.1 Å². The Morgan fingerprint density at radius 2 is 1.29 bits per heavy atom. The van der Waals surface area contributed by atoms with E-state index in [1.165, 1.54) is 32.2 Å². The maximum Gasteiger partial charge on any atom is 0.308 e. The van der Waals surface area contributed by atoms with Crippen LogP contribution in [0.25, 0.3) is 22.1 Å². The number of methoxy groups -OCH3 is 1. The Hall–Kier alpha value is -4.67. The van der Waals surface area contributed by atoms with E-state index in [0.717, 1.165) is 33.1 Å². The molecule has 0 saturated carbocycles. The fourth-order valence-electron chi connectivity index (χ4n) is 3.20. The van der Waals surface area contributed by atoms with E-state index in [9.17, 15) is 24.0 Å². The van der Waals surface area contributed by atoms with E-state index in [-0.39, 0.29) is 33.8 Å². The van der Waals surface area contributed by atoms with Gasteiger partial charge in [0.15, 0.2) is 23.0 Å². The van der Waals surface area contributed by atoms with Crippen molar-refractivity contribution in [3.8, 4) is 39.9 Å².